The Bertz CT molecular complexity index is 823. The summed E-state index contributed by atoms with van der Waals surface area (Å²) in [4.78, 5) is 4.30. The highest BCUT2D eigenvalue weighted by molar-refractivity contribution is 7.90. The first-order valence-electron chi connectivity index (χ1n) is 9.23. The molecule has 1 N–H and O–H groups in total. The lowest BCUT2D eigenvalue weighted by molar-refractivity contribution is 0.458. The zero-order valence-electron chi connectivity index (χ0n) is 16.5. The van der Waals surface area contributed by atoms with E-state index in [4.69, 9.17) is 0 Å². The van der Waals surface area contributed by atoms with Gasteiger partial charge in [-0.15, -0.1) is 0 Å². The molecule has 0 bridgehead atoms. The van der Waals surface area contributed by atoms with Crippen molar-refractivity contribution in [2.75, 3.05) is 6.54 Å². The van der Waals surface area contributed by atoms with Crippen molar-refractivity contribution < 1.29 is 8.42 Å². The molecule has 1 aromatic heterocycles. The van der Waals surface area contributed by atoms with Gasteiger partial charge in [-0.05, 0) is 36.4 Å². The molecule has 2 aromatic rings. The van der Waals surface area contributed by atoms with Crippen LogP contribution in [-0.2, 0) is 28.7 Å². The Morgan fingerprint density at radius 3 is 2.42 bits per heavy atom. The minimum absolute atomic E-state index is 0.0202. The van der Waals surface area contributed by atoms with Gasteiger partial charge in [0.2, 0.25) is 15.0 Å². The van der Waals surface area contributed by atoms with Crippen molar-refractivity contribution in [1.29, 1.82) is 0 Å². The van der Waals surface area contributed by atoms with Crippen molar-refractivity contribution >= 4 is 9.84 Å². The van der Waals surface area contributed by atoms with E-state index in [1.807, 2.05) is 35.8 Å². The van der Waals surface area contributed by atoms with Gasteiger partial charge in [-0.2, -0.15) is 0 Å². The Hall–Kier alpha value is -1.66. The number of nitrogens with zero attached hydrogens (tertiary/aromatic N) is 2. The second kappa shape index (κ2) is 8.82. The highest BCUT2D eigenvalue weighted by atomic mass is 32.2. The molecule has 1 aromatic carbocycles. The van der Waals surface area contributed by atoms with Gasteiger partial charge in [-0.25, -0.2) is 13.4 Å². The third-order valence-corrected chi connectivity index (χ3v) is 5.77. The number of hydrogen-bond acceptors (Lipinski definition) is 4. The standard InChI is InChI=1S/C20H31N3O2S/c1-15(2)10-21-11-19-12-22-20(23(19)13-16(3)4)26(24,25)14-18-9-7-6-8-17(18)5/h6-9,12,15-16,21H,10-11,13-14H2,1-5H3. The maximum absolute atomic E-state index is 13.0. The fourth-order valence-corrected chi connectivity index (χ4v) is 4.48. The lowest BCUT2D eigenvalue weighted by atomic mass is 10.1. The van der Waals surface area contributed by atoms with Crippen molar-refractivity contribution in [1.82, 2.24) is 14.9 Å². The molecule has 0 saturated carbocycles. The van der Waals surface area contributed by atoms with Gasteiger partial charge in [0, 0.05) is 13.1 Å². The van der Waals surface area contributed by atoms with Crippen LogP contribution in [-0.4, -0.2) is 24.5 Å². The van der Waals surface area contributed by atoms with Gasteiger partial charge in [-0.3, -0.25) is 0 Å². The van der Waals surface area contributed by atoms with Crippen LogP contribution in [0.2, 0.25) is 0 Å². The number of sulfone groups is 1. The molecular formula is C20H31N3O2S. The predicted octanol–water partition coefficient (Wildman–Crippen LogP) is 3.57. The van der Waals surface area contributed by atoms with Crippen molar-refractivity contribution in [2.45, 2.75) is 58.6 Å². The smallest absolute Gasteiger partial charge is 0.228 e. The van der Waals surface area contributed by atoms with Crippen LogP contribution in [0.4, 0.5) is 0 Å². The number of rotatable bonds is 9. The monoisotopic (exact) mass is 377 g/mol. The summed E-state index contributed by atoms with van der Waals surface area (Å²) < 4.78 is 28.0. The van der Waals surface area contributed by atoms with Crippen LogP contribution in [0.3, 0.4) is 0 Å². The third-order valence-electron chi connectivity index (χ3n) is 4.19. The maximum Gasteiger partial charge on any atom is 0.228 e. The van der Waals surface area contributed by atoms with E-state index >= 15 is 0 Å². The zero-order chi connectivity index (χ0) is 19.3. The lowest BCUT2D eigenvalue weighted by Gasteiger charge is -2.16. The molecule has 144 valence electrons. The van der Waals surface area contributed by atoms with Crippen LogP contribution in [0.1, 0.15) is 44.5 Å². The third kappa shape index (κ3) is 5.42. The Morgan fingerprint density at radius 2 is 1.81 bits per heavy atom. The molecule has 0 spiro atoms. The SMILES string of the molecule is Cc1ccccc1CS(=O)(=O)c1ncc(CNCC(C)C)n1CC(C)C. The van der Waals surface area contributed by atoms with Crippen LogP contribution in [0.25, 0.3) is 0 Å². The molecule has 0 aliphatic rings. The number of aromatic nitrogens is 2. The van der Waals surface area contributed by atoms with Gasteiger partial charge in [0.25, 0.3) is 0 Å². The normalized spacial score (nSPS) is 12.3. The summed E-state index contributed by atoms with van der Waals surface area (Å²) in [5.74, 6) is 0.856. The van der Waals surface area contributed by atoms with Crippen LogP contribution < -0.4 is 5.32 Å². The number of benzene rings is 1. The first-order chi connectivity index (χ1) is 12.2. The maximum atomic E-state index is 13.0. The van der Waals surface area contributed by atoms with E-state index in [1.165, 1.54) is 0 Å². The van der Waals surface area contributed by atoms with Crippen LogP contribution in [0.15, 0.2) is 35.6 Å². The van der Waals surface area contributed by atoms with Crippen LogP contribution >= 0.6 is 0 Å². The minimum atomic E-state index is -3.51. The van der Waals surface area contributed by atoms with Gasteiger partial charge in [-0.1, -0.05) is 52.0 Å². The molecule has 0 atom stereocenters. The average molecular weight is 378 g/mol. The summed E-state index contributed by atoms with van der Waals surface area (Å²) in [6.07, 6.45) is 1.69. The number of aryl methyl sites for hydroxylation is 1. The quantitative estimate of drug-likeness (QED) is 0.726. The minimum Gasteiger partial charge on any atom is -0.317 e. The molecule has 1 heterocycles. The van der Waals surface area contributed by atoms with Crippen LogP contribution in [0, 0.1) is 18.8 Å². The van der Waals surface area contributed by atoms with Crippen molar-refractivity contribution in [3.05, 3.63) is 47.3 Å². The van der Waals surface area contributed by atoms with E-state index in [1.54, 1.807) is 6.20 Å². The fourth-order valence-electron chi connectivity index (χ4n) is 2.87. The van der Waals surface area contributed by atoms with E-state index in [0.29, 0.717) is 24.9 Å². The van der Waals surface area contributed by atoms with E-state index in [9.17, 15) is 8.42 Å². The van der Waals surface area contributed by atoms with E-state index in [0.717, 1.165) is 23.4 Å². The Labute approximate surface area is 157 Å². The first kappa shape index (κ1) is 20.6. The molecule has 0 aliphatic heterocycles. The Morgan fingerprint density at radius 1 is 1.12 bits per heavy atom. The van der Waals surface area contributed by atoms with Gasteiger partial charge < -0.3 is 9.88 Å². The average Bonchev–Trinajstić information content (AvgIpc) is 2.92. The predicted molar refractivity (Wildman–Crippen MR) is 106 cm³/mol. The molecule has 0 fully saturated rings. The number of imidazole rings is 1. The van der Waals surface area contributed by atoms with Crippen molar-refractivity contribution in [2.24, 2.45) is 11.8 Å². The molecule has 2 rings (SSSR count). The Kier molecular flexibility index (Phi) is 7.01. The van der Waals surface area contributed by atoms with Crippen molar-refractivity contribution in [3.8, 4) is 0 Å². The molecule has 0 unspecified atom stereocenters. The molecule has 0 saturated heterocycles. The molecule has 0 aliphatic carbocycles. The first-order valence-corrected chi connectivity index (χ1v) is 10.9. The highest BCUT2D eigenvalue weighted by Crippen LogP contribution is 2.20. The van der Waals surface area contributed by atoms with Gasteiger partial charge in [0.15, 0.2) is 0 Å². The molecule has 5 nitrogen and oxygen atoms in total. The molecule has 6 heteroatoms. The van der Waals surface area contributed by atoms with E-state index in [2.05, 4.69) is 38.0 Å². The zero-order valence-corrected chi connectivity index (χ0v) is 17.3. The number of hydrogen-bond donors (Lipinski definition) is 1. The highest BCUT2D eigenvalue weighted by Gasteiger charge is 2.24. The second-order valence-corrected chi connectivity index (χ2v) is 9.63. The largest absolute Gasteiger partial charge is 0.317 e. The molecule has 0 radical (unpaired) electrons. The summed E-state index contributed by atoms with van der Waals surface area (Å²) in [6.45, 7) is 12.6. The van der Waals surface area contributed by atoms with Crippen molar-refractivity contribution in [3.63, 3.8) is 0 Å². The second-order valence-electron chi connectivity index (χ2n) is 7.75. The fraction of sp³-hybridized carbons (Fsp3) is 0.550. The summed E-state index contributed by atoms with van der Waals surface area (Å²) in [5.41, 5.74) is 2.73. The lowest BCUT2D eigenvalue weighted by Crippen LogP contribution is -2.23. The topological polar surface area (TPSA) is 64.0 Å². The summed E-state index contributed by atoms with van der Waals surface area (Å²) in [6, 6.07) is 7.60. The van der Waals surface area contributed by atoms with Gasteiger partial charge in [0.1, 0.15) is 0 Å². The van der Waals surface area contributed by atoms with Gasteiger partial charge >= 0.3 is 0 Å². The summed E-state index contributed by atoms with van der Waals surface area (Å²) in [7, 11) is -3.51. The summed E-state index contributed by atoms with van der Waals surface area (Å²) >= 11 is 0. The molecule has 0 amide bonds. The molecular weight excluding hydrogens is 346 g/mol. The van der Waals surface area contributed by atoms with Gasteiger partial charge in [0.05, 0.1) is 17.6 Å². The van der Waals surface area contributed by atoms with E-state index < -0.39 is 9.84 Å². The summed E-state index contributed by atoms with van der Waals surface area (Å²) in [5, 5.41) is 3.56. The number of nitrogens with one attached hydrogen (secondary N) is 1. The van der Waals surface area contributed by atoms with Crippen LogP contribution in [0.5, 0.6) is 0 Å². The molecule has 26 heavy (non-hydrogen) atoms. The Balaban J connectivity index is 2.31. The van der Waals surface area contributed by atoms with E-state index in [-0.39, 0.29) is 10.9 Å².